The van der Waals surface area contributed by atoms with Crippen molar-refractivity contribution in [2.75, 3.05) is 18.6 Å². The number of rotatable bonds is 8. The lowest BCUT2D eigenvalue weighted by Gasteiger charge is -2.27. The van der Waals surface area contributed by atoms with E-state index in [2.05, 4.69) is 0 Å². The summed E-state index contributed by atoms with van der Waals surface area (Å²) in [6.45, 7) is 2.64. The van der Waals surface area contributed by atoms with Gasteiger partial charge in [0, 0.05) is 10.4 Å². The van der Waals surface area contributed by atoms with E-state index in [1.165, 1.54) is 16.2 Å². The molecule has 0 spiro atoms. The quantitative estimate of drug-likeness (QED) is 0.469. The minimum atomic E-state index is -0.888. The largest absolute Gasteiger partial charge is 0.497 e. The normalized spacial score (nSPS) is 15.6. The van der Waals surface area contributed by atoms with E-state index < -0.39 is 11.9 Å². The Labute approximate surface area is 196 Å². The van der Waals surface area contributed by atoms with Gasteiger partial charge in [0.2, 0.25) is 5.91 Å². The van der Waals surface area contributed by atoms with Crippen molar-refractivity contribution in [1.29, 1.82) is 0 Å². The highest BCUT2D eigenvalue weighted by Gasteiger charge is 2.44. The number of ether oxygens (including phenoxy) is 2. The summed E-state index contributed by atoms with van der Waals surface area (Å²) >= 11 is 1.50. The maximum atomic E-state index is 13.5. The van der Waals surface area contributed by atoms with Crippen molar-refractivity contribution in [3.8, 4) is 11.5 Å². The standard InChI is InChI=1S/C25H24N2O5S/c1-3-32-20-12-8-18(9-13-20)27-23(28)15-22(25(27)30)26(16-21-5-4-14-33-21)24(29)17-6-10-19(31-2)11-7-17/h4-14,22H,3,15-16H2,1-2H3. The van der Waals surface area contributed by atoms with Crippen LogP contribution in [0, 0.1) is 0 Å². The number of amides is 3. The van der Waals surface area contributed by atoms with Crippen LogP contribution in [0.4, 0.5) is 5.69 Å². The van der Waals surface area contributed by atoms with Gasteiger partial charge < -0.3 is 14.4 Å². The summed E-state index contributed by atoms with van der Waals surface area (Å²) in [6.07, 6.45) is -0.0701. The molecule has 1 saturated heterocycles. The molecule has 0 aliphatic carbocycles. The van der Waals surface area contributed by atoms with Crippen LogP contribution < -0.4 is 14.4 Å². The van der Waals surface area contributed by atoms with E-state index in [9.17, 15) is 14.4 Å². The van der Waals surface area contributed by atoms with Crippen molar-refractivity contribution < 1.29 is 23.9 Å². The average Bonchev–Trinajstić information content (AvgIpc) is 3.45. The first-order valence-corrected chi connectivity index (χ1v) is 11.5. The zero-order chi connectivity index (χ0) is 23.4. The van der Waals surface area contributed by atoms with Crippen LogP contribution in [0.2, 0.25) is 0 Å². The summed E-state index contributed by atoms with van der Waals surface area (Å²) in [5, 5.41) is 1.92. The Morgan fingerprint density at radius 1 is 1.06 bits per heavy atom. The second-order valence-electron chi connectivity index (χ2n) is 7.46. The van der Waals surface area contributed by atoms with E-state index in [1.807, 2.05) is 24.4 Å². The third kappa shape index (κ3) is 4.75. The molecule has 1 aliphatic rings. The molecule has 33 heavy (non-hydrogen) atoms. The Balaban J connectivity index is 1.62. The van der Waals surface area contributed by atoms with E-state index in [4.69, 9.17) is 9.47 Å². The molecule has 1 unspecified atom stereocenters. The number of hydrogen-bond donors (Lipinski definition) is 0. The van der Waals surface area contributed by atoms with Gasteiger partial charge in [-0.1, -0.05) is 6.07 Å². The Morgan fingerprint density at radius 3 is 2.36 bits per heavy atom. The lowest BCUT2D eigenvalue weighted by molar-refractivity contribution is -0.122. The number of benzene rings is 2. The van der Waals surface area contributed by atoms with Gasteiger partial charge in [-0.15, -0.1) is 11.3 Å². The summed E-state index contributed by atoms with van der Waals surface area (Å²) in [6, 6.07) is 16.4. The summed E-state index contributed by atoms with van der Waals surface area (Å²) in [5.74, 6) is 0.220. The molecule has 170 valence electrons. The minimum absolute atomic E-state index is 0.0701. The lowest BCUT2D eigenvalue weighted by Crippen LogP contribution is -2.45. The van der Waals surface area contributed by atoms with Gasteiger partial charge in [0.05, 0.1) is 32.4 Å². The van der Waals surface area contributed by atoms with E-state index >= 15 is 0 Å². The molecule has 7 nitrogen and oxygen atoms in total. The lowest BCUT2D eigenvalue weighted by atomic mass is 10.1. The van der Waals surface area contributed by atoms with Gasteiger partial charge in [0.25, 0.3) is 11.8 Å². The highest BCUT2D eigenvalue weighted by molar-refractivity contribution is 7.09. The molecule has 2 heterocycles. The highest BCUT2D eigenvalue weighted by Crippen LogP contribution is 2.30. The molecule has 1 aliphatic heterocycles. The van der Waals surface area contributed by atoms with Crippen LogP contribution in [-0.2, 0) is 16.1 Å². The van der Waals surface area contributed by atoms with Crippen molar-refractivity contribution in [2.45, 2.75) is 25.9 Å². The number of methoxy groups -OCH3 is 1. The van der Waals surface area contributed by atoms with Crippen molar-refractivity contribution in [1.82, 2.24) is 4.90 Å². The number of hydrogen-bond acceptors (Lipinski definition) is 6. The number of thiophene rings is 1. The third-order valence-electron chi connectivity index (χ3n) is 5.41. The van der Waals surface area contributed by atoms with Gasteiger partial charge in [-0.2, -0.15) is 0 Å². The first-order valence-electron chi connectivity index (χ1n) is 10.6. The molecule has 3 amide bonds. The first kappa shape index (κ1) is 22.5. The van der Waals surface area contributed by atoms with E-state index in [0.29, 0.717) is 29.4 Å². The zero-order valence-corrected chi connectivity index (χ0v) is 19.2. The van der Waals surface area contributed by atoms with Crippen LogP contribution in [0.3, 0.4) is 0 Å². The van der Waals surface area contributed by atoms with E-state index in [0.717, 1.165) is 9.78 Å². The van der Waals surface area contributed by atoms with Gasteiger partial charge in [0.15, 0.2) is 0 Å². The van der Waals surface area contributed by atoms with Crippen molar-refractivity contribution in [3.05, 3.63) is 76.5 Å². The number of carbonyl (C=O) groups is 3. The number of nitrogens with zero attached hydrogens (tertiary/aromatic N) is 2. The maximum Gasteiger partial charge on any atom is 0.257 e. The molecule has 3 aromatic rings. The summed E-state index contributed by atoms with van der Waals surface area (Å²) in [5.41, 5.74) is 0.885. The molecule has 0 N–H and O–H groups in total. The first-order chi connectivity index (χ1) is 16.0. The van der Waals surface area contributed by atoms with Gasteiger partial charge in [-0.25, -0.2) is 4.90 Å². The predicted molar refractivity (Wildman–Crippen MR) is 126 cm³/mol. The molecule has 8 heteroatoms. The van der Waals surface area contributed by atoms with Gasteiger partial charge in [-0.3, -0.25) is 14.4 Å². The topological polar surface area (TPSA) is 76.2 Å². The van der Waals surface area contributed by atoms with Gasteiger partial charge >= 0.3 is 0 Å². The average molecular weight is 465 g/mol. The minimum Gasteiger partial charge on any atom is -0.497 e. The van der Waals surface area contributed by atoms with Gasteiger partial charge in [-0.05, 0) is 66.9 Å². The molecule has 0 saturated carbocycles. The molecule has 0 radical (unpaired) electrons. The molecule has 1 aromatic heterocycles. The molecular formula is C25H24N2O5S. The number of imide groups is 1. The SMILES string of the molecule is CCOc1ccc(N2C(=O)CC(N(Cc3cccs3)C(=O)c3ccc(OC)cc3)C2=O)cc1. The van der Waals surface area contributed by atoms with Crippen LogP contribution in [0.25, 0.3) is 0 Å². The summed E-state index contributed by atoms with van der Waals surface area (Å²) in [4.78, 5) is 43.3. The van der Waals surface area contributed by atoms with Gasteiger partial charge in [0.1, 0.15) is 17.5 Å². The Hall–Kier alpha value is -3.65. The fraction of sp³-hybridized carbons (Fsp3) is 0.240. The summed E-state index contributed by atoms with van der Waals surface area (Å²) in [7, 11) is 1.55. The van der Waals surface area contributed by atoms with E-state index in [-0.39, 0.29) is 24.8 Å². The number of carbonyl (C=O) groups excluding carboxylic acids is 3. The molecule has 1 atom stereocenters. The maximum absolute atomic E-state index is 13.5. The molecule has 2 aromatic carbocycles. The van der Waals surface area contributed by atoms with Crippen LogP contribution in [-0.4, -0.2) is 42.4 Å². The third-order valence-corrected chi connectivity index (χ3v) is 6.27. The zero-order valence-electron chi connectivity index (χ0n) is 18.4. The number of anilines is 1. The van der Waals surface area contributed by atoms with Crippen LogP contribution in [0.1, 0.15) is 28.6 Å². The van der Waals surface area contributed by atoms with Crippen molar-refractivity contribution >= 4 is 34.7 Å². The monoisotopic (exact) mass is 464 g/mol. The fourth-order valence-electron chi connectivity index (χ4n) is 3.78. The van der Waals surface area contributed by atoms with Crippen molar-refractivity contribution in [3.63, 3.8) is 0 Å². The predicted octanol–water partition coefficient (Wildman–Crippen LogP) is 4.13. The fourth-order valence-corrected chi connectivity index (χ4v) is 4.48. The second-order valence-corrected chi connectivity index (χ2v) is 8.49. The summed E-state index contributed by atoms with van der Waals surface area (Å²) < 4.78 is 10.6. The van der Waals surface area contributed by atoms with Crippen LogP contribution in [0.15, 0.2) is 66.0 Å². The Kier molecular flexibility index (Phi) is 6.74. The smallest absolute Gasteiger partial charge is 0.257 e. The molecular weight excluding hydrogens is 440 g/mol. The van der Waals surface area contributed by atoms with Crippen LogP contribution in [0.5, 0.6) is 11.5 Å². The second kappa shape index (κ2) is 9.87. The Bertz CT molecular complexity index is 1130. The van der Waals surface area contributed by atoms with Crippen LogP contribution >= 0.6 is 11.3 Å². The van der Waals surface area contributed by atoms with E-state index in [1.54, 1.807) is 55.6 Å². The highest BCUT2D eigenvalue weighted by atomic mass is 32.1. The molecule has 4 rings (SSSR count). The Morgan fingerprint density at radius 2 is 1.76 bits per heavy atom. The van der Waals surface area contributed by atoms with Crippen molar-refractivity contribution in [2.24, 2.45) is 0 Å². The molecule has 0 bridgehead atoms. The molecule has 1 fully saturated rings.